The largest absolute Gasteiger partial charge is 0.329 e. The molecule has 0 spiro atoms. The lowest BCUT2D eigenvalue weighted by Crippen LogP contribution is -2.39. The van der Waals surface area contributed by atoms with Gasteiger partial charge in [-0.1, -0.05) is 13.8 Å². The second-order valence-electron chi connectivity index (χ2n) is 6.45. The molecular weight excluding hydrogens is 290 g/mol. The van der Waals surface area contributed by atoms with Gasteiger partial charge in [-0.3, -0.25) is 14.6 Å². The average molecular weight is 315 g/mol. The smallest absolute Gasteiger partial charge is 0.272 e. The highest BCUT2D eigenvalue weighted by atomic mass is 16.2. The van der Waals surface area contributed by atoms with Crippen LogP contribution in [0.2, 0.25) is 0 Å². The summed E-state index contributed by atoms with van der Waals surface area (Å²) in [5.41, 5.74) is 2.69. The topological polar surface area (TPSA) is 66.8 Å². The number of aromatic nitrogens is 4. The molecule has 6 heteroatoms. The third-order valence-corrected chi connectivity index (χ3v) is 4.55. The maximum Gasteiger partial charge on any atom is 0.272 e. The Labute approximate surface area is 136 Å². The molecule has 1 N–H and O–H groups in total. The van der Waals surface area contributed by atoms with Crippen molar-refractivity contribution in [1.82, 2.24) is 24.9 Å². The SMILES string of the molecule is CCn1nc(C(C)C)cc1C(=O)N1CCCCC1c1ccn[nH]1. The zero-order valence-corrected chi connectivity index (χ0v) is 14.1. The molecule has 2 aromatic heterocycles. The van der Waals surface area contributed by atoms with Crippen LogP contribution in [-0.4, -0.2) is 37.3 Å². The molecule has 1 unspecified atom stereocenters. The summed E-state index contributed by atoms with van der Waals surface area (Å²) < 4.78 is 1.83. The van der Waals surface area contributed by atoms with Crippen molar-refractivity contribution in [3.05, 3.63) is 35.4 Å². The standard InChI is InChI=1S/C17H25N5O/c1-4-22-16(11-14(20-22)12(2)3)17(23)21-10-6-5-7-15(21)13-8-9-18-19-13/h8-9,11-12,15H,4-7,10H2,1-3H3,(H,18,19). The Bertz CT molecular complexity index is 659. The Hall–Kier alpha value is -2.11. The zero-order chi connectivity index (χ0) is 16.4. The second-order valence-corrected chi connectivity index (χ2v) is 6.45. The molecule has 0 aliphatic carbocycles. The normalized spacial score (nSPS) is 18.6. The van der Waals surface area contributed by atoms with Gasteiger partial charge in [0.25, 0.3) is 5.91 Å². The number of nitrogens with one attached hydrogen (secondary N) is 1. The first-order chi connectivity index (χ1) is 11.1. The van der Waals surface area contributed by atoms with Gasteiger partial charge in [0.2, 0.25) is 0 Å². The monoisotopic (exact) mass is 315 g/mol. The van der Waals surface area contributed by atoms with Gasteiger partial charge in [0, 0.05) is 19.3 Å². The average Bonchev–Trinajstić information content (AvgIpc) is 3.23. The van der Waals surface area contributed by atoms with E-state index in [2.05, 4.69) is 29.1 Å². The molecule has 0 aromatic carbocycles. The van der Waals surface area contributed by atoms with Crippen molar-refractivity contribution in [2.45, 2.75) is 58.5 Å². The number of aryl methyl sites for hydroxylation is 1. The number of likely N-dealkylation sites (tertiary alicyclic amines) is 1. The van der Waals surface area contributed by atoms with Gasteiger partial charge in [-0.15, -0.1) is 0 Å². The number of amides is 1. The molecule has 1 aliphatic rings. The van der Waals surface area contributed by atoms with Gasteiger partial charge in [0.1, 0.15) is 5.69 Å². The van der Waals surface area contributed by atoms with Gasteiger partial charge in [0.05, 0.1) is 17.4 Å². The molecule has 124 valence electrons. The Balaban J connectivity index is 1.91. The van der Waals surface area contributed by atoms with Crippen molar-refractivity contribution >= 4 is 5.91 Å². The Morgan fingerprint density at radius 3 is 2.91 bits per heavy atom. The molecule has 3 rings (SSSR count). The molecule has 6 nitrogen and oxygen atoms in total. The van der Waals surface area contributed by atoms with E-state index in [4.69, 9.17) is 0 Å². The molecular formula is C17H25N5O. The van der Waals surface area contributed by atoms with Gasteiger partial charge in [-0.2, -0.15) is 10.2 Å². The number of piperidine rings is 1. The highest BCUT2D eigenvalue weighted by Crippen LogP contribution is 2.31. The molecule has 1 amide bonds. The number of H-pyrrole nitrogens is 1. The van der Waals surface area contributed by atoms with Gasteiger partial charge in [-0.05, 0) is 44.2 Å². The summed E-state index contributed by atoms with van der Waals surface area (Å²) in [6, 6.07) is 4.00. The quantitative estimate of drug-likeness (QED) is 0.942. The molecule has 1 saturated heterocycles. The van der Waals surface area contributed by atoms with Crippen molar-refractivity contribution in [2.75, 3.05) is 6.54 Å². The van der Waals surface area contributed by atoms with Crippen molar-refractivity contribution in [1.29, 1.82) is 0 Å². The van der Waals surface area contributed by atoms with Crippen LogP contribution in [0, 0.1) is 0 Å². The van der Waals surface area contributed by atoms with Crippen LogP contribution in [0.1, 0.15) is 73.9 Å². The molecule has 1 aliphatic heterocycles. The first-order valence-corrected chi connectivity index (χ1v) is 8.49. The lowest BCUT2D eigenvalue weighted by molar-refractivity contribution is 0.0593. The van der Waals surface area contributed by atoms with Gasteiger partial charge in [-0.25, -0.2) is 0 Å². The number of carbonyl (C=O) groups excluding carboxylic acids is 1. The first-order valence-electron chi connectivity index (χ1n) is 8.49. The molecule has 0 bridgehead atoms. The summed E-state index contributed by atoms with van der Waals surface area (Å²) in [6.07, 6.45) is 4.91. The van der Waals surface area contributed by atoms with Crippen LogP contribution in [0.5, 0.6) is 0 Å². The molecule has 2 aromatic rings. The minimum Gasteiger partial charge on any atom is -0.329 e. The van der Waals surface area contributed by atoms with E-state index < -0.39 is 0 Å². The van der Waals surface area contributed by atoms with Crippen LogP contribution in [0.4, 0.5) is 0 Å². The predicted octanol–water partition coefficient (Wildman–Crippen LogP) is 3.12. The van der Waals surface area contributed by atoms with E-state index in [1.54, 1.807) is 6.20 Å². The number of rotatable bonds is 4. The lowest BCUT2D eigenvalue weighted by Gasteiger charge is -2.35. The van der Waals surface area contributed by atoms with E-state index >= 15 is 0 Å². The van der Waals surface area contributed by atoms with Crippen molar-refractivity contribution in [2.24, 2.45) is 0 Å². The highest BCUT2D eigenvalue weighted by molar-refractivity contribution is 5.93. The first kappa shape index (κ1) is 15.8. The third kappa shape index (κ3) is 3.02. The Morgan fingerprint density at radius 2 is 2.26 bits per heavy atom. The summed E-state index contributed by atoms with van der Waals surface area (Å²) >= 11 is 0. The van der Waals surface area contributed by atoms with E-state index in [0.29, 0.717) is 18.2 Å². The van der Waals surface area contributed by atoms with Crippen molar-refractivity contribution in [3.8, 4) is 0 Å². The van der Waals surface area contributed by atoms with Crippen molar-refractivity contribution in [3.63, 3.8) is 0 Å². The third-order valence-electron chi connectivity index (χ3n) is 4.55. The summed E-state index contributed by atoms with van der Waals surface area (Å²) in [7, 11) is 0. The minimum atomic E-state index is 0.0746. The van der Waals surface area contributed by atoms with Crippen LogP contribution in [0.3, 0.4) is 0 Å². The maximum absolute atomic E-state index is 13.2. The maximum atomic E-state index is 13.2. The predicted molar refractivity (Wildman–Crippen MR) is 88.2 cm³/mol. The molecule has 3 heterocycles. The number of hydrogen-bond donors (Lipinski definition) is 1. The second kappa shape index (κ2) is 6.56. The van der Waals surface area contributed by atoms with Crippen LogP contribution >= 0.6 is 0 Å². The number of aromatic amines is 1. The lowest BCUT2D eigenvalue weighted by atomic mass is 9.99. The molecule has 0 radical (unpaired) electrons. The number of nitrogens with zero attached hydrogens (tertiary/aromatic N) is 4. The molecule has 1 fully saturated rings. The van der Waals surface area contributed by atoms with Gasteiger partial charge in [0.15, 0.2) is 0 Å². The molecule has 0 saturated carbocycles. The van der Waals surface area contributed by atoms with E-state index in [9.17, 15) is 4.79 Å². The van der Waals surface area contributed by atoms with Crippen LogP contribution in [0.25, 0.3) is 0 Å². The molecule has 23 heavy (non-hydrogen) atoms. The summed E-state index contributed by atoms with van der Waals surface area (Å²) in [5.74, 6) is 0.393. The van der Waals surface area contributed by atoms with Gasteiger partial charge >= 0.3 is 0 Å². The van der Waals surface area contributed by atoms with Crippen LogP contribution in [0.15, 0.2) is 18.3 Å². The summed E-state index contributed by atoms with van der Waals surface area (Å²) in [5, 5.41) is 11.7. The van der Waals surface area contributed by atoms with E-state index in [0.717, 1.165) is 37.2 Å². The Morgan fingerprint density at radius 1 is 1.43 bits per heavy atom. The fourth-order valence-electron chi connectivity index (χ4n) is 3.23. The minimum absolute atomic E-state index is 0.0746. The van der Waals surface area contributed by atoms with E-state index in [1.165, 1.54) is 0 Å². The molecule has 1 atom stereocenters. The van der Waals surface area contributed by atoms with E-state index in [1.807, 2.05) is 28.6 Å². The summed E-state index contributed by atoms with van der Waals surface area (Å²) in [4.78, 5) is 15.1. The summed E-state index contributed by atoms with van der Waals surface area (Å²) in [6.45, 7) is 7.72. The van der Waals surface area contributed by atoms with Gasteiger partial charge < -0.3 is 4.90 Å². The van der Waals surface area contributed by atoms with E-state index in [-0.39, 0.29) is 11.9 Å². The van der Waals surface area contributed by atoms with Crippen molar-refractivity contribution < 1.29 is 4.79 Å². The number of carbonyl (C=O) groups is 1. The van der Waals surface area contributed by atoms with Crippen LogP contribution < -0.4 is 0 Å². The fraction of sp³-hybridized carbons (Fsp3) is 0.588. The number of hydrogen-bond acceptors (Lipinski definition) is 3. The van der Waals surface area contributed by atoms with Crippen LogP contribution in [-0.2, 0) is 6.54 Å². The highest BCUT2D eigenvalue weighted by Gasteiger charge is 2.31. The zero-order valence-electron chi connectivity index (χ0n) is 14.1. The Kier molecular flexibility index (Phi) is 4.50. The fourth-order valence-corrected chi connectivity index (χ4v) is 3.23.